The van der Waals surface area contributed by atoms with Crippen molar-refractivity contribution >= 4 is 11.9 Å². The number of carbonyl (C=O) groups excluding carboxylic acids is 1. The number of hydrogen-bond donors (Lipinski definition) is 1. The van der Waals surface area contributed by atoms with Gasteiger partial charge in [0.25, 0.3) is 5.91 Å². The lowest BCUT2D eigenvalue weighted by atomic mass is 10.3. The fraction of sp³-hybridized carbons (Fsp3) is 0.385. The van der Waals surface area contributed by atoms with Gasteiger partial charge in [-0.1, -0.05) is 5.92 Å². The van der Waals surface area contributed by atoms with Crippen LogP contribution in [0.15, 0.2) is 16.5 Å². The molecule has 1 saturated carbocycles. The van der Waals surface area contributed by atoms with Gasteiger partial charge in [0.05, 0.1) is 6.54 Å². The Bertz CT molecular complexity index is 507. The molecule has 2 rings (SSSR count). The Morgan fingerprint density at radius 1 is 1.44 bits per heavy atom. The van der Waals surface area contributed by atoms with Crippen molar-refractivity contribution in [2.24, 2.45) is 5.92 Å². The minimum absolute atomic E-state index is 0.0169. The molecule has 0 aliphatic heterocycles. The standard InChI is InChI=1S/C13H13NO4/c1-2-7-14(8-9-3-4-9)12(15)10-5-6-11(18-10)13(16)17/h1,5-6,9H,3-4,7-8H2,(H,16,17). The maximum Gasteiger partial charge on any atom is 0.371 e. The number of furan rings is 1. The van der Waals surface area contributed by atoms with Gasteiger partial charge >= 0.3 is 5.97 Å². The molecule has 1 aromatic heterocycles. The largest absolute Gasteiger partial charge is 0.475 e. The van der Waals surface area contributed by atoms with Crippen molar-refractivity contribution < 1.29 is 19.1 Å². The molecule has 5 nitrogen and oxygen atoms in total. The Morgan fingerprint density at radius 2 is 2.11 bits per heavy atom. The van der Waals surface area contributed by atoms with Crippen LogP contribution in [0.3, 0.4) is 0 Å². The Morgan fingerprint density at radius 3 is 2.61 bits per heavy atom. The number of nitrogens with zero attached hydrogens (tertiary/aromatic N) is 1. The van der Waals surface area contributed by atoms with Gasteiger partial charge in [-0.25, -0.2) is 4.79 Å². The molecule has 0 bridgehead atoms. The van der Waals surface area contributed by atoms with Crippen LogP contribution in [-0.2, 0) is 0 Å². The fourth-order valence-corrected chi connectivity index (χ4v) is 1.67. The first-order chi connectivity index (χ1) is 8.61. The number of carbonyl (C=O) groups is 2. The summed E-state index contributed by atoms with van der Waals surface area (Å²) in [7, 11) is 0. The van der Waals surface area contributed by atoms with Crippen molar-refractivity contribution in [2.75, 3.05) is 13.1 Å². The van der Waals surface area contributed by atoms with Gasteiger partial charge in [-0.05, 0) is 30.9 Å². The van der Waals surface area contributed by atoms with Gasteiger partial charge in [-0.2, -0.15) is 0 Å². The predicted molar refractivity (Wildman–Crippen MR) is 63.1 cm³/mol. The van der Waals surface area contributed by atoms with Gasteiger partial charge in [0.1, 0.15) is 0 Å². The van der Waals surface area contributed by atoms with Crippen LogP contribution in [0.25, 0.3) is 0 Å². The van der Waals surface area contributed by atoms with E-state index in [4.69, 9.17) is 15.9 Å². The molecule has 0 spiro atoms. The molecule has 1 aliphatic rings. The van der Waals surface area contributed by atoms with Gasteiger partial charge < -0.3 is 14.4 Å². The molecule has 1 N–H and O–H groups in total. The summed E-state index contributed by atoms with van der Waals surface area (Å²) in [6, 6.07) is 2.63. The summed E-state index contributed by atoms with van der Waals surface area (Å²) in [5.74, 6) is 1.16. The van der Waals surface area contributed by atoms with E-state index in [1.165, 1.54) is 17.0 Å². The summed E-state index contributed by atoms with van der Waals surface area (Å²) in [4.78, 5) is 24.3. The molecule has 1 aromatic rings. The second kappa shape index (κ2) is 4.96. The molecule has 5 heteroatoms. The number of hydrogen-bond acceptors (Lipinski definition) is 3. The zero-order valence-electron chi connectivity index (χ0n) is 9.76. The molecule has 94 valence electrons. The van der Waals surface area contributed by atoms with E-state index < -0.39 is 5.97 Å². The van der Waals surface area contributed by atoms with Crippen LogP contribution in [0, 0.1) is 18.3 Å². The van der Waals surface area contributed by atoms with Gasteiger partial charge in [0.15, 0.2) is 5.76 Å². The third kappa shape index (κ3) is 2.72. The highest BCUT2D eigenvalue weighted by atomic mass is 16.4. The zero-order valence-corrected chi connectivity index (χ0v) is 9.76. The van der Waals surface area contributed by atoms with E-state index in [9.17, 15) is 9.59 Å². The van der Waals surface area contributed by atoms with Crippen molar-refractivity contribution in [3.05, 3.63) is 23.7 Å². The lowest BCUT2D eigenvalue weighted by Gasteiger charge is -2.18. The van der Waals surface area contributed by atoms with Crippen LogP contribution in [0.2, 0.25) is 0 Å². The van der Waals surface area contributed by atoms with Crippen LogP contribution in [0.5, 0.6) is 0 Å². The van der Waals surface area contributed by atoms with E-state index in [0.29, 0.717) is 12.5 Å². The van der Waals surface area contributed by atoms with Gasteiger partial charge in [0.2, 0.25) is 5.76 Å². The molecule has 0 radical (unpaired) electrons. The predicted octanol–water partition coefficient (Wildman–Crippen LogP) is 1.46. The van der Waals surface area contributed by atoms with Gasteiger partial charge in [0, 0.05) is 6.54 Å². The highest BCUT2D eigenvalue weighted by Crippen LogP contribution is 2.30. The van der Waals surface area contributed by atoms with Crippen LogP contribution >= 0.6 is 0 Å². The summed E-state index contributed by atoms with van der Waals surface area (Å²) in [5.41, 5.74) is 0. The Balaban J connectivity index is 2.10. The van der Waals surface area contributed by atoms with Gasteiger partial charge in [-0.3, -0.25) is 4.79 Å². The van der Waals surface area contributed by atoms with E-state index in [1.54, 1.807) is 0 Å². The smallest absolute Gasteiger partial charge is 0.371 e. The third-order valence-electron chi connectivity index (χ3n) is 2.77. The lowest BCUT2D eigenvalue weighted by Crippen LogP contribution is -2.33. The summed E-state index contributed by atoms with van der Waals surface area (Å²) in [5, 5.41) is 8.73. The van der Waals surface area contributed by atoms with Crippen molar-refractivity contribution in [2.45, 2.75) is 12.8 Å². The number of rotatable bonds is 5. The SMILES string of the molecule is C#CCN(CC1CC1)C(=O)c1ccc(C(=O)O)o1. The highest BCUT2D eigenvalue weighted by molar-refractivity contribution is 5.93. The number of terminal acetylenes is 1. The van der Waals surface area contributed by atoms with Crippen LogP contribution in [0.1, 0.15) is 34.0 Å². The first-order valence-corrected chi connectivity index (χ1v) is 5.67. The van der Waals surface area contributed by atoms with E-state index in [0.717, 1.165) is 12.8 Å². The molecule has 1 heterocycles. The average Bonchev–Trinajstić information content (AvgIpc) is 3.01. The molecule has 0 unspecified atom stereocenters. The van der Waals surface area contributed by atoms with E-state index >= 15 is 0 Å². The maximum absolute atomic E-state index is 12.1. The molecule has 0 aromatic carbocycles. The number of aromatic carboxylic acids is 1. The van der Waals surface area contributed by atoms with Crippen LogP contribution in [0.4, 0.5) is 0 Å². The fourth-order valence-electron chi connectivity index (χ4n) is 1.67. The third-order valence-corrected chi connectivity index (χ3v) is 2.77. The molecule has 0 atom stereocenters. The molecule has 0 saturated heterocycles. The second-order valence-corrected chi connectivity index (χ2v) is 4.30. The molecule has 1 fully saturated rings. The number of amides is 1. The first-order valence-electron chi connectivity index (χ1n) is 5.67. The molecular formula is C13H13NO4. The summed E-state index contributed by atoms with van der Waals surface area (Å²) in [6.45, 7) is 0.810. The molecular weight excluding hydrogens is 234 g/mol. The Kier molecular flexibility index (Phi) is 3.38. The number of carboxylic acids is 1. The Labute approximate surface area is 104 Å². The van der Waals surface area contributed by atoms with Gasteiger partial charge in [-0.15, -0.1) is 6.42 Å². The topological polar surface area (TPSA) is 70.8 Å². The summed E-state index contributed by atoms with van der Waals surface area (Å²) in [6.07, 6.45) is 7.43. The highest BCUT2D eigenvalue weighted by Gasteiger charge is 2.28. The van der Waals surface area contributed by atoms with E-state index in [2.05, 4.69) is 5.92 Å². The average molecular weight is 247 g/mol. The number of carboxylic acid groups (broad SMARTS) is 1. The molecule has 1 aliphatic carbocycles. The van der Waals surface area contributed by atoms with Crippen molar-refractivity contribution in [3.8, 4) is 12.3 Å². The second-order valence-electron chi connectivity index (χ2n) is 4.30. The van der Waals surface area contributed by atoms with Crippen molar-refractivity contribution in [1.29, 1.82) is 0 Å². The summed E-state index contributed by atoms with van der Waals surface area (Å²) >= 11 is 0. The minimum atomic E-state index is -1.19. The van der Waals surface area contributed by atoms with Crippen molar-refractivity contribution in [1.82, 2.24) is 4.90 Å². The lowest BCUT2D eigenvalue weighted by molar-refractivity contribution is 0.0651. The van der Waals surface area contributed by atoms with Crippen molar-refractivity contribution in [3.63, 3.8) is 0 Å². The van der Waals surface area contributed by atoms with E-state index in [1.807, 2.05) is 0 Å². The van der Waals surface area contributed by atoms with Crippen LogP contribution < -0.4 is 0 Å². The minimum Gasteiger partial charge on any atom is -0.475 e. The maximum atomic E-state index is 12.1. The summed E-state index contributed by atoms with van der Waals surface area (Å²) < 4.78 is 4.98. The monoisotopic (exact) mass is 247 g/mol. The molecule has 18 heavy (non-hydrogen) atoms. The molecule has 1 amide bonds. The first kappa shape index (κ1) is 12.2. The Hall–Kier alpha value is -2.22. The normalized spacial score (nSPS) is 13.9. The quantitative estimate of drug-likeness (QED) is 0.800. The van der Waals surface area contributed by atoms with E-state index in [-0.39, 0.29) is 24.0 Å². The van der Waals surface area contributed by atoms with Crippen LogP contribution in [-0.4, -0.2) is 35.0 Å². The zero-order chi connectivity index (χ0) is 13.1.